The highest BCUT2D eigenvalue weighted by molar-refractivity contribution is 7.07. The molecule has 0 atom stereocenters. The van der Waals surface area contributed by atoms with Gasteiger partial charge in [0.15, 0.2) is 6.61 Å². The number of aryl methyl sites for hydroxylation is 1. The van der Waals surface area contributed by atoms with Crippen molar-refractivity contribution in [2.24, 2.45) is 0 Å². The minimum Gasteiger partial charge on any atom is -0.457 e. The zero-order valence-corrected chi connectivity index (χ0v) is 12.9. The second kappa shape index (κ2) is 6.15. The minimum atomic E-state index is -0.385. The summed E-state index contributed by atoms with van der Waals surface area (Å²) >= 11 is 1.53. The summed E-state index contributed by atoms with van der Waals surface area (Å²) in [5.74, 6) is -0.571. The number of carbonyl (C=O) groups excluding carboxylic acids is 2. The lowest BCUT2D eigenvalue weighted by molar-refractivity contribution is -0.141. The maximum Gasteiger partial charge on any atom is 0.310 e. The lowest BCUT2D eigenvalue weighted by atomic mass is 10.1. The number of aromatic nitrogens is 1. The van der Waals surface area contributed by atoms with Crippen LogP contribution in [0.25, 0.3) is 10.9 Å². The minimum absolute atomic E-state index is 0.186. The smallest absolute Gasteiger partial charge is 0.310 e. The van der Waals surface area contributed by atoms with Gasteiger partial charge in [0.25, 0.3) is 0 Å². The number of hydrogen-bond donors (Lipinski definition) is 1. The highest BCUT2D eigenvalue weighted by Crippen LogP contribution is 2.22. The molecule has 1 N–H and O–H groups in total. The highest BCUT2D eigenvalue weighted by atomic mass is 32.1. The average molecular weight is 313 g/mol. The van der Waals surface area contributed by atoms with E-state index in [4.69, 9.17) is 4.74 Å². The van der Waals surface area contributed by atoms with E-state index >= 15 is 0 Å². The van der Waals surface area contributed by atoms with Gasteiger partial charge in [0, 0.05) is 22.2 Å². The van der Waals surface area contributed by atoms with Gasteiger partial charge in [-0.1, -0.05) is 18.2 Å². The molecule has 0 spiro atoms. The van der Waals surface area contributed by atoms with E-state index < -0.39 is 0 Å². The van der Waals surface area contributed by atoms with Gasteiger partial charge in [-0.25, -0.2) is 0 Å². The lowest BCUT2D eigenvalue weighted by Gasteiger charge is -2.04. The van der Waals surface area contributed by atoms with Gasteiger partial charge in [0.2, 0.25) is 5.78 Å². The fraction of sp³-hybridized carbons (Fsp3) is 0.176. The molecule has 4 nitrogen and oxygen atoms in total. The first kappa shape index (κ1) is 14.5. The van der Waals surface area contributed by atoms with Crippen LogP contribution >= 0.6 is 11.3 Å². The van der Waals surface area contributed by atoms with Crippen LogP contribution in [-0.2, 0) is 16.0 Å². The van der Waals surface area contributed by atoms with Crippen molar-refractivity contribution in [3.63, 3.8) is 0 Å². The molecule has 3 rings (SSSR count). The second-order valence-corrected chi connectivity index (χ2v) is 5.84. The summed E-state index contributed by atoms with van der Waals surface area (Å²) in [7, 11) is 0. The molecule has 22 heavy (non-hydrogen) atoms. The molecular weight excluding hydrogens is 298 g/mol. The Hall–Kier alpha value is -2.40. The number of Topliss-reactive ketones (excluding diaryl/α,β-unsaturated/α-hetero) is 1. The topological polar surface area (TPSA) is 59.2 Å². The van der Waals surface area contributed by atoms with Crippen molar-refractivity contribution in [1.29, 1.82) is 0 Å². The molecule has 0 bridgehead atoms. The molecule has 0 unspecified atom stereocenters. The Balaban J connectivity index is 1.68. The third-order valence-corrected chi connectivity index (χ3v) is 4.20. The molecule has 1 aromatic carbocycles. The number of aromatic amines is 1. The Morgan fingerprint density at radius 2 is 2.05 bits per heavy atom. The van der Waals surface area contributed by atoms with Crippen molar-refractivity contribution in [2.45, 2.75) is 13.3 Å². The zero-order valence-electron chi connectivity index (χ0n) is 12.1. The summed E-state index contributed by atoms with van der Waals surface area (Å²) in [6.45, 7) is 1.62. The van der Waals surface area contributed by atoms with Crippen molar-refractivity contribution in [1.82, 2.24) is 4.98 Å². The Labute approximate surface area is 131 Å². The number of benzene rings is 1. The van der Waals surface area contributed by atoms with Gasteiger partial charge in [-0.2, -0.15) is 11.3 Å². The molecule has 3 aromatic rings. The number of esters is 1. The summed E-state index contributed by atoms with van der Waals surface area (Å²) in [6, 6.07) is 9.47. The highest BCUT2D eigenvalue weighted by Gasteiger charge is 2.17. The summed E-state index contributed by atoms with van der Waals surface area (Å²) in [5.41, 5.74) is 3.21. The predicted molar refractivity (Wildman–Crippen MR) is 86.3 cm³/mol. The lowest BCUT2D eigenvalue weighted by Crippen LogP contribution is -2.16. The zero-order chi connectivity index (χ0) is 15.5. The maximum absolute atomic E-state index is 12.4. The van der Waals surface area contributed by atoms with Crippen molar-refractivity contribution >= 4 is 34.0 Å². The molecule has 2 aromatic heterocycles. The average Bonchev–Trinajstić information content (AvgIpc) is 3.11. The van der Waals surface area contributed by atoms with Crippen LogP contribution in [0.1, 0.15) is 21.6 Å². The van der Waals surface area contributed by atoms with Crippen LogP contribution in [0.4, 0.5) is 0 Å². The fourth-order valence-electron chi connectivity index (χ4n) is 2.47. The number of thiophene rings is 1. The summed E-state index contributed by atoms with van der Waals surface area (Å²) < 4.78 is 5.11. The van der Waals surface area contributed by atoms with Crippen molar-refractivity contribution < 1.29 is 14.3 Å². The van der Waals surface area contributed by atoms with E-state index in [1.165, 1.54) is 11.3 Å². The fourth-order valence-corrected chi connectivity index (χ4v) is 3.13. The Morgan fingerprint density at radius 3 is 2.82 bits per heavy atom. The van der Waals surface area contributed by atoms with Crippen LogP contribution < -0.4 is 0 Å². The van der Waals surface area contributed by atoms with Crippen molar-refractivity contribution in [3.05, 3.63) is 57.9 Å². The Bertz CT molecular complexity index is 818. The summed E-state index contributed by atoms with van der Waals surface area (Å²) in [4.78, 5) is 27.3. The first-order valence-electron chi connectivity index (χ1n) is 6.92. The largest absolute Gasteiger partial charge is 0.457 e. The molecule has 0 aliphatic heterocycles. The molecule has 5 heteroatoms. The number of carbonyl (C=O) groups is 2. The number of ether oxygens (including phenoxy) is 1. The summed E-state index contributed by atoms with van der Waals surface area (Å²) in [6.07, 6.45) is 0.198. The van der Waals surface area contributed by atoms with Gasteiger partial charge in [-0.05, 0) is 35.4 Å². The number of para-hydroxylation sites is 1. The van der Waals surface area contributed by atoms with E-state index in [-0.39, 0.29) is 24.8 Å². The Morgan fingerprint density at radius 1 is 1.23 bits per heavy atom. The first-order valence-corrected chi connectivity index (χ1v) is 7.86. The summed E-state index contributed by atoms with van der Waals surface area (Å²) in [5, 5.41) is 4.66. The van der Waals surface area contributed by atoms with Gasteiger partial charge >= 0.3 is 5.97 Å². The molecule has 0 aliphatic carbocycles. The van der Waals surface area contributed by atoms with Crippen LogP contribution in [0, 0.1) is 6.92 Å². The van der Waals surface area contributed by atoms with Gasteiger partial charge in [-0.15, -0.1) is 0 Å². The van der Waals surface area contributed by atoms with E-state index in [0.717, 1.165) is 22.2 Å². The van der Waals surface area contributed by atoms with Crippen molar-refractivity contribution in [2.75, 3.05) is 6.61 Å². The van der Waals surface area contributed by atoms with E-state index in [2.05, 4.69) is 4.98 Å². The molecule has 2 heterocycles. The van der Waals surface area contributed by atoms with E-state index in [1.807, 2.05) is 48.0 Å². The van der Waals surface area contributed by atoms with Gasteiger partial charge in [-0.3, -0.25) is 9.59 Å². The third kappa shape index (κ3) is 2.94. The number of fused-ring (bicyclic) bond motifs is 1. The molecule has 0 aliphatic rings. The van der Waals surface area contributed by atoms with Crippen LogP contribution in [0.3, 0.4) is 0 Å². The van der Waals surface area contributed by atoms with Crippen molar-refractivity contribution in [3.8, 4) is 0 Å². The third-order valence-electron chi connectivity index (χ3n) is 3.47. The molecule has 0 radical (unpaired) electrons. The molecule has 0 saturated carbocycles. The molecule has 0 saturated heterocycles. The second-order valence-electron chi connectivity index (χ2n) is 5.06. The molecule has 0 amide bonds. The maximum atomic E-state index is 12.4. The van der Waals surface area contributed by atoms with Gasteiger partial charge < -0.3 is 9.72 Å². The van der Waals surface area contributed by atoms with E-state index in [1.54, 1.807) is 0 Å². The van der Waals surface area contributed by atoms with Gasteiger partial charge in [0.05, 0.1) is 6.42 Å². The standard InChI is InChI=1S/C17H15NO3S/c1-11-17(13-4-2-3-5-14(13)18-11)15(19)9-21-16(20)8-12-6-7-22-10-12/h2-7,10,18H,8-9H2,1H3. The number of nitrogens with one attached hydrogen (secondary N) is 1. The van der Waals surface area contributed by atoms with Gasteiger partial charge in [0.1, 0.15) is 0 Å². The van der Waals surface area contributed by atoms with E-state index in [9.17, 15) is 9.59 Å². The van der Waals surface area contributed by atoms with E-state index in [0.29, 0.717) is 5.56 Å². The number of rotatable bonds is 5. The number of ketones is 1. The Kier molecular flexibility index (Phi) is 4.06. The molecule has 0 fully saturated rings. The normalized spacial score (nSPS) is 10.8. The molecular formula is C17H15NO3S. The monoisotopic (exact) mass is 313 g/mol. The number of hydrogen-bond acceptors (Lipinski definition) is 4. The molecule has 112 valence electrons. The quantitative estimate of drug-likeness (QED) is 0.579. The van der Waals surface area contributed by atoms with Crippen LogP contribution in [-0.4, -0.2) is 23.3 Å². The van der Waals surface area contributed by atoms with Crippen LogP contribution in [0.2, 0.25) is 0 Å². The SMILES string of the molecule is Cc1[nH]c2ccccc2c1C(=O)COC(=O)Cc1ccsc1. The van der Waals surface area contributed by atoms with Crippen LogP contribution in [0.15, 0.2) is 41.1 Å². The predicted octanol–water partition coefficient (Wildman–Crippen LogP) is 3.51. The first-order chi connectivity index (χ1) is 10.6. The number of H-pyrrole nitrogens is 1. The van der Waals surface area contributed by atoms with Crippen LogP contribution in [0.5, 0.6) is 0 Å².